The summed E-state index contributed by atoms with van der Waals surface area (Å²) in [6.07, 6.45) is 0. The van der Waals surface area contributed by atoms with E-state index < -0.39 is 17.7 Å². The summed E-state index contributed by atoms with van der Waals surface area (Å²) in [6, 6.07) is 8.69. The molecule has 2 aromatic carbocycles. The largest absolute Gasteiger partial charge is 0.334 e. The lowest BCUT2D eigenvalue weighted by Gasteiger charge is -2.20. The third-order valence-electron chi connectivity index (χ3n) is 4.06. The van der Waals surface area contributed by atoms with E-state index in [1.807, 2.05) is 18.2 Å². The van der Waals surface area contributed by atoms with Crippen molar-refractivity contribution in [1.29, 1.82) is 0 Å². The summed E-state index contributed by atoms with van der Waals surface area (Å²) in [5.41, 5.74) is 2.97. The first-order valence-corrected chi connectivity index (χ1v) is 8.41. The van der Waals surface area contributed by atoms with Gasteiger partial charge in [-0.1, -0.05) is 45.9 Å². The monoisotopic (exact) mass is 346 g/mol. The summed E-state index contributed by atoms with van der Waals surface area (Å²) in [6.45, 7) is 8.15. The third kappa shape index (κ3) is 4.78. The van der Waals surface area contributed by atoms with Crippen LogP contribution in [0.5, 0.6) is 0 Å². The predicted octanol–water partition coefficient (Wildman–Crippen LogP) is 5.53. The van der Waals surface area contributed by atoms with Crippen LogP contribution >= 0.6 is 0 Å². The van der Waals surface area contributed by atoms with Gasteiger partial charge in [0.15, 0.2) is 0 Å². The number of urea groups is 1. The molecular formula is C20H24F2N2O. The molecule has 0 aliphatic carbocycles. The van der Waals surface area contributed by atoms with Crippen molar-refractivity contribution >= 4 is 11.7 Å². The second-order valence-electron chi connectivity index (χ2n) is 6.66. The number of benzene rings is 2. The lowest BCUT2D eigenvalue weighted by atomic mass is 9.93. The second-order valence-corrected chi connectivity index (χ2v) is 6.66. The Balaban J connectivity index is 2.16. The molecule has 2 N–H and O–H groups in total. The van der Waals surface area contributed by atoms with Crippen LogP contribution in [0.3, 0.4) is 0 Å². The minimum Gasteiger partial charge on any atom is -0.334 e. The molecule has 0 unspecified atom stereocenters. The van der Waals surface area contributed by atoms with E-state index in [9.17, 15) is 13.6 Å². The van der Waals surface area contributed by atoms with E-state index in [1.165, 1.54) is 0 Å². The van der Waals surface area contributed by atoms with Gasteiger partial charge >= 0.3 is 6.03 Å². The highest BCUT2D eigenvalue weighted by atomic mass is 19.1. The van der Waals surface area contributed by atoms with E-state index in [0.717, 1.165) is 35.0 Å². The Morgan fingerprint density at radius 1 is 1.00 bits per heavy atom. The van der Waals surface area contributed by atoms with Crippen LogP contribution in [0.2, 0.25) is 0 Å². The van der Waals surface area contributed by atoms with Crippen LogP contribution in [0.15, 0.2) is 36.4 Å². The molecule has 3 nitrogen and oxygen atoms in total. The van der Waals surface area contributed by atoms with Gasteiger partial charge in [-0.3, -0.25) is 0 Å². The van der Waals surface area contributed by atoms with Crippen LogP contribution in [0, 0.1) is 11.6 Å². The summed E-state index contributed by atoms with van der Waals surface area (Å²) < 4.78 is 26.9. The fraction of sp³-hybridized carbons (Fsp3) is 0.350. The predicted molar refractivity (Wildman–Crippen MR) is 96.8 cm³/mol. The first-order chi connectivity index (χ1) is 11.8. The zero-order valence-electron chi connectivity index (χ0n) is 15.0. The average Bonchev–Trinajstić information content (AvgIpc) is 2.55. The lowest BCUT2D eigenvalue weighted by Crippen LogP contribution is -2.29. The molecule has 0 radical (unpaired) electrons. The lowest BCUT2D eigenvalue weighted by molar-refractivity contribution is 0.251. The van der Waals surface area contributed by atoms with E-state index in [1.54, 1.807) is 0 Å². The van der Waals surface area contributed by atoms with Crippen molar-refractivity contribution < 1.29 is 13.6 Å². The highest BCUT2D eigenvalue weighted by Gasteiger charge is 2.16. The summed E-state index contributed by atoms with van der Waals surface area (Å²) in [5.74, 6) is -0.595. The Kier molecular flexibility index (Phi) is 6.12. The van der Waals surface area contributed by atoms with Crippen molar-refractivity contribution in [3.63, 3.8) is 0 Å². The van der Waals surface area contributed by atoms with Gasteiger partial charge in [0.2, 0.25) is 0 Å². The van der Waals surface area contributed by atoms with Crippen molar-refractivity contribution in [2.45, 2.75) is 46.1 Å². The van der Waals surface area contributed by atoms with Gasteiger partial charge in [-0.2, -0.15) is 0 Å². The highest BCUT2D eigenvalue weighted by Crippen LogP contribution is 2.32. The number of hydrogen-bond donors (Lipinski definition) is 2. The highest BCUT2D eigenvalue weighted by molar-refractivity contribution is 5.91. The number of carbonyl (C=O) groups excluding carboxylic acids is 1. The Bertz CT molecular complexity index is 731. The quantitative estimate of drug-likeness (QED) is 0.734. The number of amides is 2. The Labute approximate surface area is 147 Å². The van der Waals surface area contributed by atoms with Gasteiger partial charge in [0.25, 0.3) is 0 Å². The van der Waals surface area contributed by atoms with Gasteiger partial charge in [0.05, 0.1) is 0 Å². The summed E-state index contributed by atoms with van der Waals surface area (Å²) in [5, 5.41) is 5.47. The zero-order chi connectivity index (χ0) is 18.6. The van der Waals surface area contributed by atoms with E-state index in [0.29, 0.717) is 0 Å². The van der Waals surface area contributed by atoms with E-state index >= 15 is 0 Å². The van der Waals surface area contributed by atoms with Crippen molar-refractivity contribution in [3.05, 3.63) is 64.7 Å². The standard InChI is InChI=1S/C20H24F2N2O/c1-12(2)16-6-5-7-17(13(3)4)19(16)24-20(25)23-11-14-10-15(21)8-9-18(14)22/h5-10,12-13H,11H2,1-4H3,(H2,23,24,25). The van der Waals surface area contributed by atoms with Crippen molar-refractivity contribution in [2.75, 3.05) is 5.32 Å². The summed E-state index contributed by atoms with van der Waals surface area (Å²) in [7, 11) is 0. The maximum atomic E-state index is 13.6. The summed E-state index contributed by atoms with van der Waals surface area (Å²) >= 11 is 0. The molecule has 0 atom stereocenters. The molecule has 0 aliphatic heterocycles. The maximum Gasteiger partial charge on any atom is 0.319 e. The van der Waals surface area contributed by atoms with E-state index in [-0.39, 0.29) is 23.9 Å². The molecule has 0 aliphatic rings. The van der Waals surface area contributed by atoms with Gasteiger partial charge in [-0.25, -0.2) is 13.6 Å². The average molecular weight is 346 g/mol. The smallest absolute Gasteiger partial charge is 0.319 e. The third-order valence-corrected chi connectivity index (χ3v) is 4.06. The SMILES string of the molecule is CC(C)c1cccc(C(C)C)c1NC(=O)NCc1cc(F)ccc1F. The topological polar surface area (TPSA) is 41.1 Å². The van der Waals surface area contributed by atoms with E-state index in [2.05, 4.69) is 38.3 Å². The molecule has 0 bridgehead atoms. The number of nitrogens with one attached hydrogen (secondary N) is 2. The molecule has 0 spiro atoms. The molecule has 0 saturated carbocycles. The van der Waals surface area contributed by atoms with Gasteiger partial charge in [0, 0.05) is 17.8 Å². The van der Waals surface area contributed by atoms with Crippen LogP contribution in [0.25, 0.3) is 0 Å². The first kappa shape index (κ1) is 18.9. The Morgan fingerprint density at radius 3 is 2.16 bits per heavy atom. The molecule has 0 aromatic heterocycles. The minimum atomic E-state index is -0.549. The normalized spacial score (nSPS) is 11.0. The van der Waals surface area contributed by atoms with Gasteiger partial charge < -0.3 is 10.6 Å². The Morgan fingerprint density at radius 2 is 1.60 bits per heavy atom. The minimum absolute atomic E-state index is 0.0870. The Hall–Kier alpha value is -2.43. The first-order valence-electron chi connectivity index (χ1n) is 8.41. The van der Waals surface area contributed by atoms with Gasteiger partial charge in [-0.05, 0) is 41.2 Å². The van der Waals surface area contributed by atoms with Crippen molar-refractivity contribution in [2.24, 2.45) is 0 Å². The molecule has 0 saturated heterocycles. The molecule has 134 valence electrons. The molecular weight excluding hydrogens is 322 g/mol. The molecule has 5 heteroatoms. The van der Waals surface area contributed by atoms with Crippen LogP contribution in [0.1, 0.15) is 56.2 Å². The van der Waals surface area contributed by atoms with Crippen LogP contribution in [0.4, 0.5) is 19.3 Å². The zero-order valence-corrected chi connectivity index (χ0v) is 15.0. The number of halogens is 2. The fourth-order valence-corrected chi connectivity index (χ4v) is 2.71. The number of para-hydroxylation sites is 1. The molecule has 2 rings (SSSR count). The van der Waals surface area contributed by atoms with Crippen LogP contribution in [-0.4, -0.2) is 6.03 Å². The van der Waals surface area contributed by atoms with Gasteiger partial charge in [0.1, 0.15) is 11.6 Å². The fourth-order valence-electron chi connectivity index (χ4n) is 2.71. The molecule has 25 heavy (non-hydrogen) atoms. The second kappa shape index (κ2) is 8.10. The summed E-state index contributed by atoms with van der Waals surface area (Å²) in [4.78, 5) is 12.3. The number of anilines is 1. The van der Waals surface area contributed by atoms with E-state index in [4.69, 9.17) is 0 Å². The number of carbonyl (C=O) groups is 1. The molecule has 2 aromatic rings. The number of rotatable bonds is 5. The molecule has 2 amide bonds. The number of hydrogen-bond acceptors (Lipinski definition) is 1. The maximum absolute atomic E-state index is 13.6. The van der Waals surface area contributed by atoms with Gasteiger partial charge in [-0.15, -0.1) is 0 Å². The van der Waals surface area contributed by atoms with Crippen molar-refractivity contribution in [1.82, 2.24) is 5.32 Å². The van der Waals surface area contributed by atoms with Crippen LogP contribution < -0.4 is 10.6 Å². The van der Waals surface area contributed by atoms with Crippen molar-refractivity contribution in [3.8, 4) is 0 Å². The molecule has 0 fully saturated rings. The van der Waals surface area contributed by atoms with Crippen LogP contribution in [-0.2, 0) is 6.54 Å². The molecule has 0 heterocycles.